The Morgan fingerprint density at radius 2 is 1.26 bits per heavy atom. The molecular weight excluding hydrogens is 556 g/mol. The third kappa shape index (κ3) is 4.78. The summed E-state index contributed by atoms with van der Waals surface area (Å²) in [5.41, 5.74) is 2.55. The van der Waals surface area contributed by atoms with Crippen LogP contribution in [0.2, 0.25) is 0 Å². The highest BCUT2D eigenvalue weighted by Crippen LogP contribution is 2.62. The third-order valence-electron chi connectivity index (χ3n) is 8.82. The molecule has 2 bridgehead atoms. The summed E-state index contributed by atoms with van der Waals surface area (Å²) < 4.78 is 33.3. The van der Waals surface area contributed by atoms with Gasteiger partial charge in [-0.1, -0.05) is 121 Å². The van der Waals surface area contributed by atoms with E-state index < -0.39 is 23.1 Å². The highest BCUT2D eigenvalue weighted by molar-refractivity contribution is 8.02. The molecule has 4 aromatic rings. The topological polar surface area (TPSA) is 46.2 Å². The van der Waals surface area contributed by atoms with Gasteiger partial charge in [-0.15, -0.1) is 0 Å². The van der Waals surface area contributed by atoms with E-state index in [9.17, 15) is 0 Å². The van der Waals surface area contributed by atoms with E-state index >= 15 is 0 Å². The molecule has 5 nitrogen and oxygen atoms in total. The van der Waals surface area contributed by atoms with Gasteiger partial charge in [-0.05, 0) is 53.7 Å². The maximum atomic E-state index is 7.44. The lowest BCUT2D eigenvalue weighted by Gasteiger charge is -2.43. The number of ether oxygens (including phenoxy) is 5. The van der Waals surface area contributed by atoms with Gasteiger partial charge in [0.25, 0.3) is 0 Å². The minimum Gasteiger partial charge on any atom is -0.360 e. The largest absolute Gasteiger partial charge is 0.360 e. The van der Waals surface area contributed by atoms with E-state index in [4.69, 9.17) is 23.7 Å². The zero-order chi connectivity index (χ0) is 29.5. The molecule has 2 heterocycles. The fraction of sp³-hybridized carbons (Fsp3) is 0.297. The summed E-state index contributed by atoms with van der Waals surface area (Å²) in [6.45, 7) is 4.21. The van der Waals surface area contributed by atoms with E-state index in [-0.39, 0.29) is 24.9 Å². The minimum absolute atomic E-state index is 0.271. The van der Waals surface area contributed by atoms with Crippen molar-refractivity contribution in [2.75, 3.05) is 13.7 Å². The predicted octanol–water partition coefficient (Wildman–Crippen LogP) is 7.56. The standard InChI is InChI=1S/C37H36O5S/c1-35(2)41-32-31-30(24-43-29-22-14-7-15-23-29)36(33(32)42-35,34(38-3)40-31)25-39-37(26-16-8-4-9-17-26,27-18-10-5-11-19-27)28-20-12-6-13-21-28/h4-24,31-34H,25H2,1-3H3/b30-24+/t31-,32-,33-,34-,36+/m0/s1. The molecule has 5 atom stereocenters. The van der Waals surface area contributed by atoms with E-state index in [0.717, 1.165) is 27.2 Å². The maximum absolute atomic E-state index is 7.44. The lowest BCUT2D eigenvalue weighted by Crippen LogP contribution is -2.53. The van der Waals surface area contributed by atoms with Crippen LogP contribution in [0.25, 0.3) is 0 Å². The predicted molar refractivity (Wildman–Crippen MR) is 167 cm³/mol. The Morgan fingerprint density at radius 1 is 0.744 bits per heavy atom. The van der Waals surface area contributed by atoms with E-state index in [1.165, 1.54) is 0 Å². The molecule has 4 aromatic carbocycles. The Labute approximate surface area is 257 Å². The van der Waals surface area contributed by atoms with Gasteiger partial charge < -0.3 is 23.7 Å². The minimum atomic E-state index is -0.903. The third-order valence-corrected chi connectivity index (χ3v) is 9.73. The normalized spacial score (nSPS) is 28.3. The van der Waals surface area contributed by atoms with Crippen molar-refractivity contribution in [3.63, 3.8) is 0 Å². The van der Waals surface area contributed by atoms with Crippen LogP contribution in [0.4, 0.5) is 0 Å². The summed E-state index contributed by atoms with van der Waals surface area (Å²) >= 11 is 1.67. The zero-order valence-corrected chi connectivity index (χ0v) is 25.4. The molecule has 0 spiro atoms. The van der Waals surface area contributed by atoms with Crippen molar-refractivity contribution in [1.82, 2.24) is 0 Å². The maximum Gasteiger partial charge on any atom is 0.172 e. The van der Waals surface area contributed by atoms with E-state index in [1.807, 2.05) is 38.1 Å². The van der Waals surface area contributed by atoms with Gasteiger partial charge in [-0.3, -0.25) is 0 Å². The Bertz CT molecular complexity index is 1460. The van der Waals surface area contributed by atoms with Crippen molar-refractivity contribution in [2.45, 2.75) is 54.7 Å². The van der Waals surface area contributed by atoms with Crippen LogP contribution in [0.3, 0.4) is 0 Å². The van der Waals surface area contributed by atoms with E-state index in [1.54, 1.807) is 18.9 Å². The van der Waals surface area contributed by atoms with Crippen molar-refractivity contribution < 1.29 is 23.7 Å². The van der Waals surface area contributed by atoms with E-state index in [2.05, 4.69) is 102 Å². The van der Waals surface area contributed by atoms with Crippen molar-refractivity contribution >= 4 is 11.8 Å². The molecule has 7 rings (SSSR count). The molecule has 0 aromatic heterocycles. The summed E-state index contributed by atoms with van der Waals surface area (Å²) in [6, 6.07) is 41.7. The Morgan fingerprint density at radius 3 is 1.77 bits per heavy atom. The number of hydrogen-bond donors (Lipinski definition) is 0. The summed E-state index contributed by atoms with van der Waals surface area (Å²) in [4.78, 5) is 1.14. The number of rotatable bonds is 9. The Kier molecular flexibility index (Phi) is 7.54. The number of methoxy groups -OCH3 is 1. The Balaban J connectivity index is 1.38. The molecule has 0 radical (unpaired) electrons. The van der Waals surface area contributed by atoms with Gasteiger partial charge in [0.1, 0.15) is 23.9 Å². The first-order chi connectivity index (χ1) is 21.0. The van der Waals surface area contributed by atoms with Gasteiger partial charge in [0.15, 0.2) is 12.1 Å². The molecule has 1 aliphatic carbocycles. The van der Waals surface area contributed by atoms with E-state index in [0.29, 0.717) is 0 Å². The fourth-order valence-electron chi connectivity index (χ4n) is 6.99. The molecule has 6 heteroatoms. The Hall–Kier alpha value is -3.23. The van der Waals surface area contributed by atoms with Gasteiger partial charge in [0.05, 0.1) is 12.0 Å². The molecule has 2 saturated heterocycles. The summed E-state index contributed by atoms with van der Waals surface area (Å²) in [5.74, 6) is -0.752. The second-order valence-corrected chi connectivity index (χ2v) is 12.7. The first-order valence-corrected chi connectivity index (χ1v) is 15.6. The average molecular weight is 593 g/mol. The zero-order valence-electron chi connectivity index (χ0n) is 24.6. The van der Waals surface area contributed by atoms with Gasteiger partial charge in [-0.25, -0.2) is 0 Å². The number of thioether (sulfide) groups is 1. The molecule has 0 N–H and O–H groups in total. The average Bonchev–Trinajstić information content (AvgIpc) is 3.63. The number of hydrogen-bond acceptors (Lipinski definition) is 6. The van der Waals surface area contributed by atoms with Crippen LogP contribution in [-0.4, -0.2) is 44.1 Å². The second-order valence-electron chi connectivity index (χ2n) is 11.8. The molecular formula is C37H36O5S. The molecule has 3 fully saturated rings. The summed E-state index contributed by atoms with van der Waals surface area (Å²) in [6.07, 6.45) is -1.46. The molecule has 2 aliphatic heterocycles. The van der Waals surface area contributed by atoms with Crippen LogP contribution in [0.15, 0.2) is 137 Å². The summed E-state index contributed by atoms with van der Waals surface area (Å²) in [7, 11) is 1.70. The molecule has 43 heavy (non-hydrogen) atoms. The van der Waals surface area contributed by atoms with Crippen LogP contribution in [0.5, 0.6) is 0 Å². The van der Waals surface area contributed by atoms with Gasteiger partial charge >= 0.3 is 0 Å². The number of fused-ring (bicyclic) bond motifs is 5. The lowest BCUT2D eigenvalue weighted by molar-refractivity contribution is -0.238. The SMILES string of the molecule is CO[C@H]1O[C@H]2/C(=C\Sc3ccccc3)[C@]1(COC(c1ccccc1)(c1ccccc1)c1ccccc1)[C@H]1OC(C)(C)O[C@@H]21. The molecule has 3 aliphatic rings. The van der Waals surface area contributed by atoms with Crippen LogP contribution >= 0.6 is 11.8 Å². The van der Waals surface area contributed by atoms with Crippen LogP contribution < -0.4 is 0 Å². The molecule has 220 valence electrons. The highest BCUT2D eigenvalue weighted by atomic mass is 32.2. The van der Waals surface area contributed by atoms with Crippen molar-refractivity contribution in [2.24, 2.45) is 5.41 Å². The molecule has 0 amide bonds. The molecule has 0 unspecified atom stereocenters. The van der Waals surface area contributed by atoms with Gasteiger partial charge in [0, 0.05) is 12.0 Å². The first-order valence-electron chi connectivity index (χ1n) is 14.7. The van der Waals surface area contributed by atoms with Gasteiger partial charge in [0.2, 0.25) is 0 Å². The smallest absolute Gasteiger partial charge is 0.172 e. The first kappa shape index (κ1) is 28.5. The fourth-order valence-corrected chi connectivity index (χ4v) is 7.92. The van der Waals surface area contributed by atoms with Crippen molar-refractivity contribution in [3.8, 4) is 0 Å². The molecule has 1 saturated carbocycles. The van der Waals surface area contributed by atoms with Crippen molar-refractivity contribution in [1.29, 1.82) is 0 Å². The lowest BCUT2D eigenvalue weighted by atomic mass is 9.78. The van der Waals surface area contributed by atoms with Gasteiger partial charge in [-0.2, -0.15) is 0 Å². The summed E-state index contributed by atoms with van der Waals surface area (Å²) in [5, 5.41) is 2.20. The monoisotopic (exact) mass is 592 g/mol. The van der Waals surface area contributed by atoms with Crippen LogP contribution in [0.1, 0.15) is 30.5 Å². The highest BCUT2D eigenvalue weighted by Gasteiger charge is 2.73. The second kappa shape index (κ2) is 11.4. The number of benzene rings is 4. The van der Waals surface area contributed by atoms with Crippen molar-refractivity contribution in [3.05, 3.63) is 149 Å². The quantitative estimate of drug-likeness (QED) is 0.148. The van der Waals surface area contributed by atoms with Crippen LogP contribution in [0, 0.1) is 5.41 Å². The van der Waals surface area contributed by atoms with Crippen LogP contribution in [-0.2, 0) is 29.3 Å².